The Morgan fingerprint density at radius 3 is 2.79 bits per heavy atom. The van der Waals surface area contributed by atoms with Gasteiger partial charge in [-0.15, -0.1) is 24.0 Å². The number of ether oxygens (including phenoxy) is 1. The lowest BCUT2D eigenvalue weighted by molar-refractivity contribution is 0.262. The Hall–Kier alpha value is -2.62. The van der Waals surface area contributed by atoms with Crippen molar-refractivity contribution >= 4 is 29.9 Å². The summed E-state index contributed by atoms with van der Waals surface area (Å²) < 4.78 is 11.1. The number of nitrogens with zero attached hydrogens (tertiary/aromatic N) is 3. The number of benzene rings is 2. The second-order valence-corrected chi connectivity index (χ2v) is 6.82. The van der Waals surface area contributed by atoms with Crippen LogP contribution in [0.5, 0.6) is 5.75 Å². The number of hydrogen-bond acceptors (Lipinski definition) is 5. The molecule has 2 heterocycles. The van der Waals surface area contributed by atoms with E-state index in [1.165, 1.54) is 0 Å². The molecule has 0 amide bonds. The van der Waals surface area contributed by atoms with Crippen LogP contribution in [-0.4, -0.2) is 29.3 Å². The molecule has 2 unspecified atom stereocenters. The summed E-state index contributed by atoms with van der Waals surface area (Å²) in [7, 11) is 0. The van der Waals surface area contributed by atoms with E-state index < -0.39 is 0 Å². The Morgan fingerprint density at radius 1 is 1.21 bits per heavy atom. The molecule has 0 saturated carbocycles. The van der Waals surface area contributed by atoms with Gasteiger partial charge >= 0.3 is 0 Å². The SMILES string of the molecule is CC(CN=C(N)NC1CCOc2ccccc21)c1nc(-c2ccccc2)no1.I. The van der Waals surface area contributed by atoms with Crippen LogP contribution in [0.3, 0.4) is 0 Å². The summed E-state index contributed by atoms with van der Waals surface area (Å²) in [5.74, 6) is 2.39. The van der Waals surface area contributed by atoms with E-state index in [1.54, 1.807) is 0 Å². The fraction of sp³-hybridized carbons (Fsp3) is 0.286. The van der Waals surface area contributed by atoms with Crippen LogP contribution >= 0.6 is 24.0 Å². The van der Waals surface area contributed by atoms with Crippen molar-refractivity contribution in [3.05, 3.63) is 66.1 Å². The zero-order valence-corrected chi connectivity index (χ0v) is 18.4. The molecule has 2 atom stereocenters. The maximum Gasteiger partial charge on any atom is 0.231 e. The van der Waals surface area contributed by atoms with Crippen LogP contribution < -0.4 is 15.8 Å². The number of halogens is 1. The molecule has 7 nitrogen and oxygen atoms in total. The first-order chi connectivity index (χ1) is 13.7. The largest absolute Gasteiger partial charge is 0.493 e. The van der Waals surface area contributed by atoms with E-state index >= 15 is 0 Å². The van der Waals surface area contributed by atoms with Gasteiger partial charge in [-0.2, -0.15) is 4.98 Å². The molecule has 8 heteroatoms. The molecule has 1 aliphatic rings. The lowest BCUT2D eigenvalue weighted by atomic mass is 10.0. The Bertz CT molecular complexity index is 960. The van der Waals surface area contributed by atoms with Crippen LogP contribution in [0, 0.1) is 0 Å². The Labute approximate surface area is 186 Å². The van der Waals surface area contributed by atoms with Gasteiger partial charge in [0.1, 0.15) is 5.75 Å². The quantitative estimate of drug-likeness (QED) is 0.310. The van der Waals surface area contributed by atoms with Gasteiger partial charge in [-0.05, 0) is 6.07 Å². The number of aromatic nitrogens is 2. The highest BCUT2D eigenvalue weighted by Crippen LogP contribution is 2.31. The lowest BCUT2D eigenvalue weighted by Crippen LogP contribution is -2.37. The first kappa shape index (κ1) is 21.1. The average molecular weight is 505 g/mol. The van der Waals surface area contributed by atoms with Gasteiger partial charge in [0.15, 0.2) is 5.96 Å². The van der Waals surface area contributed by atoms with Gasteiger partial charge in [-0.25, -0.2) is 0 Å². The van der Waals surface area contributed by atoms with Gasteiger partial charge in [-0.3, -0.25) is 4.99 Å². The topological polar surface area (TPSA) is 98.6 Å². The molecule has 29 heavy (non-hydrogen) atoms. The first-order valence-corrected chi connectivity index (χ1v) is 9.38. The van der Waals surface area contributed by atoms with E-state index in [4.69, 9.17) is 15.0 Å². The zero-order chi connectivity index (χ0) is 19.3. The monoisotopic (exact) mass is 505 g/mol. The van der Waals surface area contributed by atoms with Gasteiger partial charge < -0.3 is 20.3 Å². The molecule has 1 aromatic heterocycles. The summed E-state index contributed by atoms with van der Waals surface area (Å²) in [6.07, 6.45) is 0.840. The third-order valence-corrected chi connectivity index (χ3v) is 4.71. The van der Waals surface area contributed by atoms with E-state index in [0.717, 1.165) is 23.3 Å². The molecule has 2 aromatic carbocycles. The minimum atomic E-state index is -0.0349. The summed E-state index contributed by atoms with van der Waals surface area (Å²) >= 11 is 0. The maximum absolute atomic E-state index is 6.12. The molecule has 0 aliphatic carbocycles. The van der Waals surface area contributed by atoms with Crippen LogP contribution in [0.25, 0.3) is 11.4 Å². The summed E-state index contributed by atoms with van der Waals surface area (Å²) in [6.45, 7) is 3.10. The third-order valence-electron chi connectivity index (χ3n) is 4.71. The second kappa shape index (κ2) is 9.73. The highest BCUT2D eigenvalue weighted by molar-refractivity contribution is 14.0. The van der Waals surface area contributed by atoms with Crippen molar-refractivity contribution in [2.24, 2.45) is 10.7 Å². The van der Waals surface area contributed by atoms with E-state index in [9.17, 15) is 0 Å². The number of hydrogen-bond donors (Lipinski definition) is 2. The maximum atomic E-state index is 6.12. The third kappa shape index (κ3) is 5.06. The minimum absolute atomic E-state index is 0. The normalized spacial score (nSPS) is 16.9. The standard InChI is InChI=1S/C21H23N5O2.HI/c1-14(20-25-19(26-28-20)15-7-3-2-4-8-15)13-23-21(22)24-17-11-12-27-18-10-6-5-9-16(17)18;/h2-10,14,17H,11-13H2,1H3,(H3,22,23,24);1H. The van der Waals surface area contributed by atoms with Gasteiger partial charge in [0.05, 0.1) is 25.1 Å². The van der Waals surface area contributed by atoms with Crippen molar-refractivity contribution in [1.82, 2.24) is 15.5 Å². The highest BCUT2D eigenvalue weighted by Gasteiger charge is 2.21. The van der Waals surface area contributed by atoms with E-state index in [0.29, 0.717) is 30.8 Å². The van der Waals surface area contributed by atoms with E-state index in [2.05, 4.69) is 20.4 Å². The molecule has 0 fully saturated rings. The number of nitrogens with two attached hydrogens (primary N) is 1. The van der Waals surface area contributed by atoms with Crippen molar-refractivity contribution in [2.75, 3.05) is 13.2 Å². The first-order valence-electron chi connectivity index (χ1n) is 9.38. The molecule has 0 bridgehead atoms. The molecule has 1 aliphatic heterocycles. The van der Waals surface area contributed by atoms with Gasteiger partial charge in [-0.1, -0.05) is 60.6 Å². The number of nitrogens with one attached hydrogen (secondary N) is 1. The number of para-hydroxylation sites is 1. The summed E-state index contributed by atoms with van der Waals surface area (Å²) in [5, 5.41) is 7.35. The summed E-state index contributed by atoms with van der Waals surface area (Å²) in [6, 6.07) is 17.8. The zero-order valence-electron chi connectivity index (χ0n) is 16.1. The van der Waals surface area contributed by atoms with E-state index in [1.807, 2.05) is 61.5 Å². The Balaban J connectivity index is 0.00000240. The fourth-order valence-corrected chi connectivity index (χ4v) is 3.17. The van der Waals surface area contributed by atoms with Crippen molar-refractivity contribution in [3.63, 3.8) is 0 Å². The van der Waals surface area contributed by atoms with Crippen LogP contribution in [0.2, 0.25) is 0 Å². The summed E-state index contributed by atoms with van der Waals surface area (Å²) in [4.78, 5) is 8.94. The Morgan fingerprint density at radius 2 is 1.97 bits per heavy atom. The van der Waals surface area contributed by atoms with Crippen LogP contribution in [0.1, 0.15) is 36.8 Å². The minimum Gasteiger partial charge on any atom is -0.493 e. The van der Waals surface area contributed by atoms with Crippen LogP contribution in [0.4, 0.5) is 0 Å². The average Bonchev–Trinajstić information content (AvgIpc) is 3.23. The molecule has 0 radical (unpaired) electrons. The smallest absolute Gasteiger partial charge is 0.231 e. The molecule has 3 aromatic rings. The number of fused-ring (bicyclic) bond motifs is 1. The van der Waals surface area contributed by atoms with E-state index in [-0.39, 0.29) is 35.9 Å². The lowest BCUT2D eigenvalue weighted by Gasteiger charge is -2.27. The van der Waals surface area contributed by atoms with Gasteiger partial charge in [0.2, 0.25) is 11.7 Å². The molecular weight excluding hydrogens is 481 g/mol. The second-order valence-electron chi connectivity index (χ2n) is 6.82. The Kier molecular flexibility index (Phi) is 7.08. The van der Waals surface area contributed by atoms with Gasteiger partial charge in [0, 0.05) is 17.5 Å². The number of aliphatic imine (C=N–C) groups is 1. The van der Waals surface area contributed by atoms with Crippen molar-refractivity contribution in [1.29, 1.82) is 0 Å². The molecule has 3 N–H and O–H groups in total. The van der Waals surface area contributed by atoms with Crippen molar-refractivity contribution in [3.8, 4) is 17.1 Å². The van der Waals surface area contributed by atoms with Crippen LogP contribution in [0.15, 0.2) is 64.1 Å². The van der Waals surface area contributed by atoms with Crippen LogP contribution in [-0.2, 0) is 0 Å². The van der Waals surface area contributed by atoms with Crippen molar-refractivity contribution < 1.29 is 9.26 Å². The molecule has 0 saturated heterocycles. The molecule has 0 spiro atoms. The fourth-order valence-electron chi connectivity index (χ4n) is 3.17. The molecule has 152 valence electrons. The van der Waals surface area contributed by atoms with Gasteiger partial charge in [0.25, 0.3) is 0 Å². The summed E-state index contributed by atoms with van der Waals surface area (Å²) in [5.41, 5.74) is 8.14. The highest BCUT2D eigenvalue weighted by atomic mass is 127. The number of rotatable bonds is 5. The molecular formula is C21H24IN5O2. The van der Waals surface area contributed by atoms with Crippen molar-refractivity contribution in [2.45, 2.75) is 25.3 Å². The molecule has 4 rings (SSSR count). The predicted molar refractivity (Wildman–Crippen MR) is 122 cm³/mol. The number of guanidine groups is 1. The predicted octanol–water partition coefficient (Wildman–Crippen LogP) is 3.89.